The van der Waals surface area contributed by atoms with E-state index in [-0.39, 0.29) is 0 Å². The Morgan fingerprint density at radius 2 is 2.30 bits per heavy atom. The maximum absolute atomic E-state index is 10.5. The summed E-state index contributed by atoms with van der Waals surface area (Å²) in [7, 11) is 1.56. The molecular weight excluding hydrogens is 130 g/mol. The Balaban J connectivity index is 4.36. The molecule has 0 fully saturated rings. The minimum absolute atomic E-state index is 0.530. The van der Waals surface area contributed by atoms with Crippen LogP contribution in [-0.2, 0) is 4.79 Å². The highest BCUT2D eigenvalue weighted by molar-refractivity contribution is 6.13. The van der Waals surface area contributed by atoms with Crippen molar-refractivity contribution in [1.29, 1.82) is 5.41 Å². The summed E-state index contributed by atoms with van der Waals surface area (Å²) in [6, 6.07) is 0. The lowest BCUT2D eigenvalue weighted by atomic mass is 10.1. The zero-order chi connectivity index (χ0) is 8.15. The predicted molar refractivity (Wildman–Crippen MR) is 40.5 cm³/mol. The zero-order valence-corrected chi connectivity index (χ0v) is 6.09. The molecule has 0 aliphatic rings. The molecule has 0 spiro atoms. The van der Waals surface area contributed by atoms with Gasteiger partial charge in [0.25, 0.3) is 0 Å². The zero-order valence-electron chi connectivity index (χ0n) is 6.09. The first-order valence-electron chi connectivity index (χ1n) is 2.86. The second kappa shape index (κ2) is 3.76. The molecule has 0 aromatic heterocycles. The van der Waals surface area contributed by atoms with Gasteiger partial charge in [0, 0.05) is 19.0 Å². The van der Waals surface area contributed by atoms with E-state index in [2.05, 4.69) is 4.99 Å². The van der Waals surface area contributed by atoms with Gasteiger partial charge in [-0.3, -0.25) is 9.79 Å². The molecule has 1 unspecified atom stereocenters. The summed E-state index contributed by atoms with van der Waals surface area (Å²) in [5, 5.41) is 6.82. The summed E-state index contributed by atoms with van der Waals surface area (Å²) in [4.78, 5) is 14.3. The molecule has 10 heavy (non-hydrogen) atoms. The summed E-state index contributed by atoms with van der Waals surface area (Å²) >= 11 is 0. The third kappa shape index (κ3) is 1.97. The first-order chi connectivity index (χ1) is 4.63. The van der Waals surface area contributed by atoms with E-state index in [1.807, 2.05) is 0 Å². The quantitative estimate of drug-likeness (QED) is 0.526. The monoisotopic (exact) mass is 141 g/mol. The number of rotatable bonds is 3. The Hall–Kier alpha value is -1.19. The second-order valence-corrected chi connectivity index (χ2v) is 1.91. The first-order valence-corrected chi connectivity index (χ1v) is 2.86. The predicted octanol–water partition coefficient (Wildman–Crippen LogP) is -0.172. The van der Waals surface area contributed by atoms with Crippen LogP contribution in [0.3, 0.4) is 0 Å². The standard InChI is InChI=1S/C6H11N3O/c1-4(9-2)5(3-7)6(8)10/h3,5,7H,1-2H3,(H2,8,10). The topological polar surface area (TPSA) is 79.3 Å². The fourth-order valence-corrected chi connectivity index (χ4v) is 0.548. The summed E-state index contributed by atoms with van der Waals surface area (Å²) < 4.78 is 0. The number of primary amides is 1. The fourth-order valence-electron chi connectivity index (χ4n) is 0.548. The summed E-state index contributed by atoms with van der Waals surface area (Å²) in [5.41, 5.74) is 5.52. The van der Waals surface area contributed by atoms with Gasteiger partial charge in [-0.05, 0) is 6.92 Å². The number of nitrogens with zero attached hydrogens (tertiary/aromatic N) is 1. The van der Waals surface area contributed by atoms with Gasteiger partial charge in [0.05, 0.1) is 0 Å². The third-order valence-corrected chi connectivity index (χ3v) is 1.28. The molecule has 0 aromatic rings. The molecule has 0 bridgehead atoms. The number of hydrogen-bond acceptors (Lipinski definition) is 3. The number of carbonyl (C=O) groups excluding carboxylic acids is 1. The van der Waals surface area contributed by atoms with Crippen LogP contribution < -0.4 is 5.73 Å². The molecule has 1 amide bonds. The van der Waals surface area contributed by atoms with Gasteiger partial charge in [-0.1, -0.05) is 0 Å². The molecule has 0 aromatic carbocycles. The van der Waals surface area contributed by atoms with Crippen LogP contribution in [0.1, 0.15) is 6.92 Å². The molecule has 0 saturated carbocycles. The van der Waals surface area contributed by atoms with Gasteiger partial charge in [-0.15, -0.1) is 0 Å². The largest absolute Gasteiger partial charge is 0.369 e. The molecule has 0 aliphatic carbocycles. The molecule has 4 nitrogen and oxygen atoms in total. The van der Waals surface area contributed by atoms with Gasteiger partial charge in [-0.2, -0.15) is 0 Å². The minimum Gasteiger partial charge on any atom is -0.369 e. The van der Waals surface area contributed by atoms with Crippen molar-refractivity contribution in [2.45, 2.75) is 6.92 Å². The van der Waals surface area contributed by atoms with Crippen LogP contribution in [0, 0.1) is 11.3 Å². The van der Waals surface area contributed by atoms with Crippen LogP contribution >= 0.6 is 0 Å². The number of nitrogens with two attached hydrogens (primary N) is 1. The molecule has 0 radical (unpaired) electrons. The highest BCUT2D eigenvalue weighted by Gasteiger charge is 2.13. The normalized spacial score (nSPS) is 14.4. The van der Waals surface area contributed by atoms with E-state index in [0.717, 1.165) is 6.21 Å². The van der Waals surface area contributed by atoms with Crippen LogP contribution in [0.4, 0.5) is 0 Å². The number of hydrogen-bond donors (Lipinski definition) is 2. The van der Waals surface area contributed by atoms with E-state index >= 15 is 0 Å². The van der Waals surface area contributed by atoms with Gasteiger partial charge in [0.1, 0.15) is 5.92 Å². The third-order valence-electron chi connectivity index (χ3n) is 1.28. The Bertz CT molecular complexity index is 174. The molecule has 3 N–H and O–H groups in total. The van der Waals surface area contributed by atoms with Crippen molar-refractivity contribution in [2.75, 3.05) is 7.05 Å². The maximum Gasteiger partial charge on any atom is 0.231 e. The van der Waals surface area contributed by atoms with Crippen LogP contribution in [0.25, 0.3) is 0 Å². The van der Waals surface area contributed by atoms with Gasteiger partial charge < -0.3 is 11.1 Å². The van der Waals surface area contributed by atoms with E-state index in [1.54, 1.807) is 14.0 Å². The van der Waals surface area contributed by atoms with Crippen molar-refractivity contribution >= 4 is 17.8 Å². The van der Waals surface area contributed by atoms with Crippen molar-refractivity contribution < 1.29 is 4.79 Å². The average molecular weight is 141 g/mol. The number of amides is 1. The van der Waals surface area contributed by atoms with E-state index < -0.39 is 11.8 Å². The highest BCUT2D eigenvalue weighted by Crippen LogP contribution is 1.93. The van der Waals surface area contributed by atoms with Gasteiger partial charge in [0.2, 0.25) is 5.91 Å². The van der Waals surface area contributed by atoms with Crippen molar-refractivity contribution in [3.63, 3.8) is 0 Å². The Morgan fingerprint density at radius 1 is 1.80 bits per heavy atom. The lowest BCUT2D eigenvalue weighted by molar-refractivity contribution is -0.118. The lowest BCUT2D eigenvalue weighted by Gasteiger charge is -2.04. The number of aliphatic imine (C=N–C) groups is 1. The lowest BCUT2D eigenvalue weighted by Crippen LogP contribution is -2.29. The molecule has 0 saturated heterocycles. The van der Waals surface area contributed by atoms with Crippen LogP contribution in [0.15, 0.2) is 4.99 Å². The Morgan fingerprint density at radius 3 is 2.40 bits per heavy atom. The highest BCUT2D eigenvalue weighted by atomic mass is 16.1. The van der Waals surface area contributed by atoms with Crippen LogP contribution in [0.2, 0.25) is 0 Å². The Labute approximate surface area is 59.6 Å². The average Bonchev–Trinajstić information content (AvgIpc) is 1.88. The summed E-state index contributed by atoms with van der Waals surface area (Å²) in [6.45, 7) is 1.67. The van der Waals surface area contributed by atoms with Crippen molar-refractivity contribution in [3.8, 4) is 0 Å². The fraction of sp³-hybridized carbons (Fsp3) is 0.500. The van der Waals surface area contributed by atoms with E-state index in [1.165, 1.54) is 0 Å². The smallest absolute Gasteiger partial charge is 0.231 e. The molecule has 4 heteroatoms. The molecule has 0 rings (SSSR count). The van der Waals surface area contributed by atoms with Gasteiger partial charge in [-0.25, -0.2) is 0 Å². The first kappa shape index (κ1) is 8.81. The summed E-state index contributed by atoms with van der Waals surface area (Å²) in [5.74, 6) is -1.16. The molecule has 0 aliphatic heterocycles. The van der Waals surface area contributed by atoms with Crippen molar-refractivity contribution in [2.24, 2.45) is 16.6 Å². The molecule has 1 atom stereocenters. The molecule has 0 heterocycles. The van der Waals surface area contributed by atoms with E-state index in [0.29, 0.717) is 5.71 Å². The van der Waals surface area contributed by atoms with Crippen molar-refractivity contribution in [1.82, 2.24) is 0 Å². The SMILES string of the molecule is CN=C(C)C(C=N)C(N)=O. The molecular formula is C6H11N3O. The van der Waals surface area contributed by atoms with Gasteiger partial charge in [0.15, 0.2) is 0 Å². The van der Waals surface area contributed by atoms with E-state index in [9.17, 15) is 4.79 Å². The van der Waals surface area contributed by atoms with E-state index in [4.69, 9.17) is 11.1 Å². The Kier molecular flexibility index (Phi) is 3.32. The van der Waals surface area contributed by atoms with Gasteiger partial charge >= 0.3 is 0 Å². The minimum atomic E-state index is -0.634. The van der Waals surface area contributed by atoms with Crippen LogP contribution in [0.5, 0.6) is 0 Å². The summed E-state index contributed by atoms with van der Waals surface area (Å²) in [6.07, 6.45) is 0.991. The maximum atomic E-state index is 10.5. The van der Waals surface area contributed by atoms with Crippen molar-refractivity contribution in [3.05, 3.63) is 0 Å². The second-order valence-electron chi connectivity index (χ2n) is 1.91. The number of carbonyl (C=O) groups is 1. The van der Waals surface area contributed by atoms with Crippen LogP contribution in [-0.4, -0.2) is 24.9 Å². The number of nitrogens with one attached hydrogen (secondary N) is 1. The molecule has 56 valence electrons.